The lowest BCUT2D eigenvalue weighted by molar-refractivity contribution is -0.152. The van der Waals surface area contributed by atoms with Crippen molar-refractivity contribution in [2.45, 2.75) is 19.6 Å². The van der Waals surface area contributed by atoms with E-state index in [-0.39, 0.29) is 6.61 Å². The second kappa shape index (κ2) is 8.54. The highest BCUT2D eigenvalue weighted by atomic mass is 35.5. The van der Waals surface area contributed by atoms with E-state index in [2.05, 4.69) is 4.98 Å². The van der Waals surface area contributed by atoms with Crippen LogP contribution in [0.5, 0.6) is 5.75 Å². The van der Waals surface area contributed by atoms with Crippen LogP contribution >= 0.6 is 34.5 Å². The predicted molar refractivity (Wildman–Crippen MR) is 104 cm³/mol. The molecular formula is C19H15Cl2NO3S. The van der Waals surface area contributed by atoms with Crippen LogP contribution in [0, 0.1) is 0 Å². The Morgan fingerprint density at radius 2 is 1.96 bits per heavy atom. The van der Waals surface area contributed by atoms with E-state index in [0.29, 0.717) is 21.5 Å². The maximum Gasteiger partial charge on any atom is 0.347 e. The van der Waals surface area contributed by atoms with Crippen LogP contribution in [0.4, 0.5) is 0 Å². The van der Waals surface area contributed by atoms with E-state index in [1.807, 2.05) is 35.7 Å². The van der Waals surface area contributed by atoms with Gasteiger partial charge in [-0.25, -0.2) is 9.78 Å². The number of rotatable bonds is 6. The third-order valence-electron chi connectivity index (χ3n) is 3.46. The molecule has 0 saturated heterocycles. The average molecular weight is 408 g/mol. The van der Waals surface area contributed by atoms with E-state index < -0.39 is 12.1 Å². The summed E-state index contributed by atoms with van der Waals surface area (Å²) >= 11 is 13.4. The fraction of sp³-hybridized carbons (Fsp3) is 0.158. The minimum Gasteiger partial charge on any atom is -0.477 e. The van der Waals surface area contributed by atoms with Crippen molar-refractivity contribution in [1.82, 2.24) is 4.98 Å². The largest absolute Gasteiger partial charge is 0.477 e. The Morgan fingerprint density at radius 1 is 1.19 bits per heavy atom. The Hall–Kier alpha value is -2.08. The van der Waals surface area contributed by atoms with Gasteiger partial charge in [-0.3, -0.25) is 0 Å². The zero-order valence-electron chi connectivity index (χ0n) is 13.8. The van der Waals surface area contributed by atoms with Crippen molar-refractivity contribution in [2.24, 2.45) is 0 Å². The Bertz CT molecular complexity index is 899. The van der Waals surface area contributed by atoms with E-state index in [4.69, 9.17) is 32.7 Å². The summed E-state index contributed by atoms with van der Waals surface area (Å²) in [6, 6.07) is 14.6. The molecule has 0 aliphatic carbocycles. The molecule has 0 spiro atoms. The van der Waals surface area contributed by atoms with Gasteiger partial charge in [-0.1, -0.05) is 53.5 Å². The fourth-order valence-electron chi connectivity index (χ4n) is 2.16. The monoisotopic (exact) mass is 407 g/mol. The van der Waals surface area contributed by atoms with Crippen LogP contribution in [0.3, 0.4) is 0 Å². The molecule has 1 atom stereocenters. The third-order valence-corrected chi connectivity index (χ3v) is 4.94. The number of nitrogens with zero attached hydrogens (tertiary/aromatic N) is 1. The molecule has 4 nitrogen and oxygen atoms in total. The summed E-state index contributed by atoms with van der Waals surface area (Å²) in [5.41, 5.74) is 1.73. The summed E-state index contributed by atoms with van der Waals surface area (Å²) in [6.45, 7) is 1.69. The van der Waals surface area contributed by atoms with Crippen LogP contribution in [0.25, 0.3) is 10.6 Å². The van der Waals surface area contributed by atoms with Gasteiger partial charge in [0.25, 0.3) is 0 Å². The number of esters is 1. The molecule has 3 rings (SSSR count). The highest BCUT2D eigenvalue weighted by molar-refractivity contribution is 7.13. The van der Waals surface area contributed by atoms with E-state index in [1.165, 1.54) is 11.3 Å². The molecule has 1 unspecified atom stereocenters. The Kier molecular flexibility index (Phi) is 6.14. The SMILES string of the molecule is CC(Oc1ccc(Cl)cc1Cl)C(=O)OCc1csc(-c2ccccc2)n1. The zero-order valence-corrected chi connectivity index (χ0v) is 16.1. The molecule has 1 heterocycles. The second-order valence-electron chi connectivity index (χ2n) is 5.45. The van der Waals surface area contributed by atoms with E-state index in [9.17, 15) is 4.79 Å². The van der Waals surface area contributed by atoms with Gasteiger partial charge < -0.3 is 9.47 Å². The first-order valence-electron chi connectivity index (χ1n) is 7.81. The van der Waals surface area contributed by atoms with Crippen LogP contribution in [0.15, 0.2) is 53.9 Å². The van der Waals surface area contributed by atoms with Gasteiger partial charge in [0.1, 0.15) is 17.4 Å². The van der Waals surface area contributed by atoms with E-state index in [0.717, 1.165) is 10.6 Å². The number of thiazole rings is 1. The van der Waals surface area contributed by atoms with Gasteiger partial charge in [0.2, 0.25) is 0 Å². The Morgan fingerprint density at radius 3 is 2.69 bits per heavy atom. The standard InChI is InChI=1S/C19H15Cl2NO3S/c1-12(25-17-8-7-14(20)9-16(17)21)19(23)24-10-15-11-26-18(22-15)13-5-3-2-4-6-13/h2-9,11-12H,10H2,1H3. The third kappa shape index (κ3) is 4.75. The maximum atomic E-state index is 12.1. The Labute approximate surface area is 165 Å². The van der Waals surface area contributed by atoms with Crippen molar-refractivity contribution in [2.75, 3.05) is 0 Å². The van der Waals surface area contributed by atoms with Crippen molar-refractivity contribution >= 4 is 40.5 Å². The quantitative estimate of drug-likeness (QED) is 0.496. The molecule has 1 aromatic heterocycles. The molecule has 0 fully saturated rings. The summed E-state index contributed by atoms with van der Waals surface area (Å²) in [6.07, 6.45) is -0.805. The van der Waals surface area contributed by atoms with E-state index in [1.54, 1.807) is 25.1 Å². The number of carbonyl (C=O) groups excluding carboxylic acids is 1. The van der Waals surface area contributed by atoms with Gasteiger partial charge >= 0.3 is 5.97 Å². The lowest BCUT2D eigenvalue weighted by Gasteiger charge is -2.14. The molecule has 7 heteroatoms. The summed E-state index contributed by atoms with van der Waals surface area (Å²) < 4.78 is 10.8. The van der Waals surface area contributed by atoms with Gasteiger partial charge in [0.15, 0.2) is 6.10 Å². The number of benzene rings is 2. The number of aromatic nitrogens is 1. The van der Waals surface area contributed by atoms with Gasteiger partial charge in [0.05, 0.1) is 10.7 Å². The summed E-state index contributed by atoms with van der Waals surface area (Å²) in [5.74, 6) is -0.120. The number of hydrogen-bond donors (Lipinski definition) is 0. The second-order valence-corrected chi connectivity index (χ2v) is 7.15. The van der Waals surface area contributed by atoms with Crippen molar-refractivity contribution in [1.29, 1.82) is 0 Å². The lowest BCUT2D eigenvalue weighted by Crippen LogP contribution is -2.26. The molecule has 0 amide bonds. The maximum absolute atomic E-state index is 12.1. The van der Waals surface area contributed by atoms with Crippen LogP contribution in [-0.4, -0.2) is 17.1 Å². The Balaban J connectivity index is 1.56. The fourth-order valence-corrected chi connectivity index (χ4v) is 3.42. The summed E-state index contributed by atoms with van der Waals surface area (Å²) in [5, 5.41) is 3.59. The average Bonchev–Trinajstić information content (AvgIpc) is 3.11. The highest BCUT2D eigenvalue weighted by Crippen LogP contribution is 2.28. The zero-order chi connectivity index (χ0) is 18.5. The van der Waals surface area contributed by atoms with Gasteiger partial charge in [-0.2, -0.15) is 0 Å². The molecule has 0 aliphatic heterocycles. The lowest BCUT2D eigenvalue weighted by atomic mass is 10.2. The molecule has 2 aromatic carbocycles. The highest BCUT2D eigenvalue weighted by Gasteiger charge is 2.18. The number of halogens is 2. The van der Waals surface area contributed by atoms with Crippen molar-refractivity contribution in [3.05, 3.63) is 69.7 Å². The topological polar surface area (TPSA) is 48.4 Å². The van der Waals surface area contributed by atoms with Crippen LogP contribution in [0.2, 0.25) is 10.0 Å². The first kappa shape index (κ1) is 18.7. The van der Waals surface area contributed by atoms with E-state index >= 15 is 0 Å². The molecular weight excluding hydrogens is 393 g/mol. The van der Waals surface area contributed by atoms with Gasteiger partial charge in [-0.05, 0) is 25.1 Å². The van der Waals surface area contributed by atoms with Crippen LogP contribution in [0.1, 0.15) is 12.6 Å². The summed E-state index contributed by atoms with van der Waals surface area (Å²) in [7, 11) is 0. The molecule has 0 N–H and O–H groups in total. The first-order chi connectivity index (χ1) is 12.5. The molecule has 0 radical (unpaired) electrons. The molecule has 134 valence electrons. The molecule has 0 bridgehead atoms. The van der Waals surface area contributed by atoms with Gasteiger partial charge in [0, 0.05) is 16.0 Å². The minimum atomic E-state index is -0.805. The van der Waals surface area contributed by atoms with Crippen LogP contribution < -0.4 is 4.74 Å². The van der Waals surface area contributed by atoms with Crippen molar-refractivity contribution < 1.29 is 14.3 Å². The minimum absolute atomic E-state index is 0.0875. The first-order valence-corrected chi connectivity index (χ1v) is 9.44. The van der Waals surface area contributed by atoms with Crippen molar-refractivity contribution in [3.8, 4) is 16.3 Å². The number of ether oxygens (including phenoxy) is 2. The predicted octanol–water partition coefficient (Wildman–Crippen LogP) is 5.63. The normalized spacial score (nSPS) is 11.8. The molecule has 3 aromatic rings. The van der Waals surface area contributed by atoms with Crippen LogP contribution in [-0.2, 0) is 16.1 Å². The summed E-state index contributed by atoms with van der Waals surface area (Å²) in [4.78, 5) is 16.6. The number of hydrogen-bond acceptors (Lipinski definition) is 5. The number of carbonyl (C=O) groups is 1. The smallest absolute Gasteiger partial charge is 0.347 e. The molecule has 0 aliphatic rings. The molecule has 26 heavy (non-hydrogen) atoms. The van der Waals surface area contributed by atoms with Crippen molar-refractivity contribution in [3.63, 3.8) is 0 Å². The molecule has 0 saturated carbocycles. The van der Waals surface area contributed by atoms with Gasteiger partial charge in [-0.15, -0.1) is 11.3 Å².